The second-order valence-electron chi connectivity index (χ2n) is 8.34. The molecule has 2 aromatic rings. The fraction of sp³-hybridized carbons (Fsp3) is 0.333. The van der Waals surface area contributed by atoms with Crippen molar-refractivity contribution >= 4 is 29.4 Å². The number of anilines is 2. The zero-order valence-corrected chi connectivity index (χ0v) is 19.3. The van der Waals surface area contributed by atoms with Gasteiger partial charge in [0.2, 0.25) is 0 Å². The van der Waals surface area contributed by atoms with Crippen LogP contribution in [0.15, 0.2) is 61.2 Å². The molecule has 0 atom stereocenters. The van der Waals surface area contributed by atoms with Crippen LogP contribution in [0.3, 0.4) is 0 Å². The minimum atomic E-state index is -0.444. The third-order valence-electron chi connectivity index (χ3n) is 5.64. The number of benzene rings is 2. The van der Waals surface area contributed by atoms with Gasteiger partial charge in [0, 0.05) is 23.9 Å². The molecule has 180 valence electrons. The number of hydrogen-bond donors (Lipinski definition) is 2. The molecule has 0 bridgehead atoms. The van der Waals surface area contributed by atoms with E-state index in [0.29, 0.717) is 30.2 Å². The smallest absolute Gasteiger partial charge is 0.330 e. The molecule has 0 spiro atoms. The van der Waals surface area contributed by atoms with Gasteiger partial charge >= 0.3 is 11.9 Å². The molecule has 0 unspecified atom stereocenters. The Morgan fingerprint density at radius 2 is 1.68 bits per heavy atom. The molecule has 0 aromatic heterocycles. The molecule has 7 nitrogen and oxygen atoms in total. The van der Waals surface area contributed by atoms with Gasteiger partial charge in [-0.3, -0.25) is 4.79 Å². The summed E-state index contributed by atoms with van der Waals surface area (Å²) in [7, 11) is 0. The average Bonchev–Trinajstić information content (AvgIpc) is 2.82. The minimum absolute atomic E-state index is 0.110. The Bertz CT molecular complexity index is 988. The first-order valence-electron chi connectivity index (χ1n) is 11.5. The summed E-state index contributed by atoms with van der Waals surface area (Å²) >= 11 is 0. The van der Waals surface area contributed by atoms with Gasteiger partial charge in [-0.1, -0.05) is 18.2 Å². The lowest BCUT2D eigenvalue weighted by Gasteiger charge is -2.26. The molecule has 1 aliphatic carbocycles. The van der Waals surface area contributed by atoms with Crippen molar-refractivity contribution in [1.29, 1.82) is 0 Å². The summed E-state index contributed by atoms with van der Waals surface area (Å²) in [6, 6.07) is 12.3. The number of rotatable bonds is 10. The van der Waals surface area contributed by atoms with E-state index in [2.05, 4.69) is 6.58 Å². The van der Waals surface area contributed by atoms with E-state index in [4.69, 9.17) is 25.7 Å². The van der Waals surface area contributed by atoms with E-state index in [1.54, 1.807) is 54.6 Å². The molecule has 1 aliphatic rings. The van der Waals surface area contributed by atoms with Gasteiger partial charge in [-0.05, 0) is 73.2 Å². The van der Waals surface area contributed by atoms with E-state index in [9.17, 15) is 9.59 Å². The predicted molar refractivity (Wildman–Crippen MR) is 133 cm³/mol. The third kappa shape index (κ3) is 8.08. The van der Waals surface area contributed by atoms with Crippen LogP contribution in [0.2, 0.25) is 0 Å². The quantitative estimate of drug-likeness (QED) is 0.177. The molecule has 3 rings (SSSR count). The molecule has 0 aliphatic heterocycles. The van der Waals surface area contributed by atoms with Crippen LogP contribution in [0.1, 0.15) is 36.8 Å². The number of hydrogen-bond acceptors (Lipinski definition) is 7. The van der Waals surface area contributed by atoms with Crippen LogP contribution < -0.4 is 16.2 Å². The summed E-state index contributed by atoms with van der Waals surface area (Å²) < 4.78 is 16.4. The topological polar surface area (TPSA) is 114 Å². The van der Waals surface area contributed by atoms with Gasteiger partial charge in [0.1, 0.15) is 5.75 Å². The van der Waals surface area contributed by atoms with Gasteiger partial charge < -0.3 is 25.7 Å². The molecule has 4 N–H and O–H groups in total. The van der Waals surface area contributed by atoms with Gasteiger partial charge in [-0.25, -0.2) is 4.79 Å². The van der Waals surface area contributed by atoms with Crippen LogP contribution in [0.4, 0.5) is 11.4 Å². The van der Waals surface area contributed by atoms with Crippen molar-refractivity contribution in [2.75, 3.05) is 24.7 Å². The zero-order valence-electron chi connectivity index (χ0n) is 19.3. The van der Waals surface area contributed by atoms with E-state index in [1.165, 1.54) is 6.08 Å². The molecule has 0 saturated heterocycles. The Hall–Kier alpha value is -3.58. The first kappa shape index (κ1) is 25.1. The Balaban J connectivity index is 1.40. The first-order chi connectivity index (χ1) is 16.4. The van der Waals surface area contributed by atoms with Crippen LogP contribution in [0.25, 0.3) is 6.08 Å². The number of carbonyl (C=O) groups excluding carboxylic acids is 2. The van der Waals surface area contributed by atoms with Crippen molar-refractivity contribution in [3.05, 3.63) is 72.3 Å². The third-order valence-corrected chi connectivity index (χ3v) is 5.64. The monoisotopic (exact) mass is 464 g/mol. The molecular weight excluding hydrogens is 432 g/mol. The van der Waals surface area contributed by atoms with Crippen molar-refractivity contribution in [3.8, 4) is 5.75 Å². The molecule has 0 radical (unpaired) electrons. The molecule has 0 amide bonds. The highest BCUT2D eigenvalue weighted by Crippen LogP contribution is 2.28. The first-order valence-corrected chi connectivity index (χ1v) is 11.5. The van der Waals surface area contributed by atoms with Gasteiger partial charge in [0.05, 0.1) is 25.2 Å². The summed E-state index contributed by atoms with van der Waals surface area (Å²) in [5.74, 6) is -0.283. The average molecular weight is 465 g/mol. The summed E-state index contributed by atoms with van der Waals surface area (Å²) in [6.07, 6.45) is 8.68. The van der Waals surface area contributed by atoms with Gasteiger partial charge in [-0.15, -0.1) is 6.58 Å². The lowest BCUT2D eigenvalue weighted by atomic mass is 9.87. The van der Waals surface area contributed by atoms with Crippen molar-refractivity contribution in [3.63, 3.8) is 0 Å². The van der Waals surface area contributed by atoms with Crippen LogP contribution >= 0.6 is 0 Å². The second kappa shape index (κ2) is 12.6. The lowest BCUT2D eigenvalue weighted by molar-refractivity contribution is -0.141. The highest BCUT2D eigenvalue weighted by Gasteiger charge is 2.28. The fourth-order valence-corrected chi connectivity index (χ4v) is 3.89. The minimum Gasteiger partial charge on any atom is -0.462 e. The highest BCUT2D eigenvalue weighted by molar-refractivity contribution is 5.87. The standard InChI is InChI=1S/C27H32N2O5/c1-2-14-32-24-10-6-21(7-11-24)27(31)34-25-8-3-19(4-9-25)5-12-26(30)33-15-13-20-16-22(28)18-23(29)17-20/h2-5,8-9,12,16-18,21,24H,1,6-7,10-11,13-15,28-29H2/b12-5+. The molecule has 7 heteroatoms. The largest absolute Gasteiger partial charge is 0.462 e. The maximum absolute atomic E-state index is 12.5. The van der Waals surface area contributed by atoms with Crippen molar-refractivity contribution < 1.29 is 23.8 Å². The van der Waals surface area contributed by atoms with Crippen molar-refractivity contribution in [1.82, 2.24) is 0 Å². The Morgan fingerprint density at radius 1 is 1.00 bits per heavy atom. The highest BCUT2D eigenvalue weighted by atomic mass is 16.5. The molecule has 0 heterocycles. The lowest BCUT2D eigenvalue weighted by Crippen LogP contribution is -2.28. The number of nitrogens with two attached hydrogens (primary N) is 2. The second-order valence-corrected chi connectivity index (χ2v) is 8.34. The summed E-state index contributed by atoms with van der Waals surface area (Å²) in [4.78, 5) is 24.4. The molecule has 34 heavy (non-hydrogen) atoms. The number of carbonyl (C=O) groups is 2. The van der Waals surface area contributed by atoms with E-state index >= 15 is 0 Å². The Labute approximate surface area is 200 Å². The van der Waals surface area contributed by atoms with E-state index in [1.807, 2.05) is 0 Å². The molecule has 2 aromatic carbocycles. The van der Waals surface area contributed by atoms with Crippen LogP contribution in [0.5, 0.6) is 5.75 Å². The Morgan fingerprint density at radius 3 is 2.32 bits per heavy atom. The zero-order chi connectivity index (χ0) is 24.3. The predicted octanol–water partition coefficient (Wildman–Crippen LogP) is 4.32. The summed E-state index contributed by atoms with van der Waals surface area (Å²) in [5.41, 5.74) is 14.4. The van der Waals surface area contributed by atoms with Gasteiger partial charge in [0.15, 0.2) is 0 Å². The van der Waals surface area contributed by atoms with Gasteiger partial charge in [0.25, 0.3) is 0 Å². The number of ether oxygens (including phenoxy) is 3. The van der Waals surface area contributed by atoms with Crippen LogP contribution in [-0.2, 0) is 25.5 Å². The summed E-state index contributed by atoms with van der Waals surface area (Å²) in [5, 5.41) is 0. The number of esters is 2. The normalized spacial score (nSPS) is 17.9. The maximum atomic E-state index is 12.5. The maximum Gasteiger partial charge on any atom is 0.330 e. The molecular formula is C27H32N2O5. The van der Waals surface area contributed by atoms with E-state index in [-0.39, 0.29) is 24.6 Å². The van der Waals surface area contributed by atoms with E-state index in [0.717, 1.165) is 36.8 Å². The summed E-state index contributed by atoms with van der Waals surface area (Å²) in [6.45, 7) is 4.42. The molecule has 1 saturated carbocycles. The molecule has 1 fully saturated rings. The van der Waals surface area contributed by atoms with Gasteiger partial charge in [-0.2, -0.15) is 0 Å². The fourth-order valence-electron chi connectivity index (χ4n) is 3.89. The van der Waals surface area contributed by atoms with Crippen LogP contribution in [0, 0.1) is 5.92 Å². The van der Waals surface area contributed by atoms with Crippen molar-refractivity contribution in [2.45, 2.75) is 38.2 Å². The van der Waals surface area contributed by atoms with E-state index < -0.39 is 5.97 Å². The SMILES string of the molecule is C=CCOC1CCC(C(=O)Oc2ccc(/C=C/C(=O)OCCc3cc(N)cc(N)c3)cc2)CC1. The number of nitrogen functional groups attached to an aromatic ring is 2. The van der Waals surface area contributed by atoms with Crippen LogP contribution in [-0.4, -0.2) is 31.3 Å². The van der Waals surface area contributed by atoms with Crippen molar-refractivity contribution in [2.24, 2.45) is 5.92 Å². The Kier molecular flexibility index (Phi) is 9.29.